The van der Waals surface area contributed by atoms with Crippen LogP contribution >= 0.6 is 0 Å². The lowest BCUT2D eigenvalue weighted by Gasteiger charge is -2.38. The Kier molecular flexibility index (Phi) is 7.27. The summed E-state index contributed by atoms with van der Waals surface area (Å²) in [6.07, 6.45) is 3.12. The second kappa shape index (κ2) is 9.57. The Morgan fingerprint density at radius 3 is 2.13 bits per heavy atom. The maximum atomic E-state index is 13.0. The smallest absolute Gasteiger partial charge is 0.310 e. The van der Waals surface area contributed by atoms with Gasteiger partial charge in [0.1, 0.15) is 0 Å². The molecular weight excluding hydrogens is 398 g/mol. The molecule has 3 aliphatic rings. The average Bonchev–Trinajstić information content (AvgIpc) is 3.15. The van der Waals surface area contributed by atoms with Crippen LogP contribution in [0.3, 0.4) is 0 Å². The van der Waals surface area contributed by atoms with E-state index in [2.05, 4.69) is 0 Å². The lowest BCUT2D eigenvalue weighted by molar-refractivity contribution is -0.153. The summed E-state index contributed by atoms with van der Waals surface area (Å²) in [6, 6.07) is 0. The summed E-state index contributed by atoms with van der Waals surface area (Å²) in [6.45, 7) is 10.8. The van der Waals surface area contributed by atoms with E-state index >= 15 is 0 Å². The molecule has 0 aromatic rings. The third-order valence-electron chi connectivity index (χ3n) is 6.79. The van der Waals surface area contributed by atoms with Crippen molar-refractivity contribution < 1.29 is 23.9 Å². The minimum Gasteiger partial charge on any atom is -0.466 e. The fraction of sp³-hybridized carbons (Fsp3) is 0.826. The van der Waals surface area contributed by atoms with Gasteiger partial charge in [-0.1, -0.05) is 0 Å². The first-order valence-electron chi connectivity index (χ1n) is 11.7. The van der Waals surface area contributed by atoms with Crippen LogP contribution < -0.4 is 0 Å². The van der Waals surface area contributed by atoms with Crippen molar-refractivity contribution in [3.63, 3.8) is 0 Å². The van der Waals surface area contributed by atoms with Crippen molar-refractivity contribution in [2.75, 3.05) is 39.3 Å². The lowest BCUT2D eigenvalue weighted by atomic mass is 9.91. The highest BCUT2D eigenvalue weighted by Crippen LogP contribution is 2.29. The molecule has 0 N–H and O–H groups in total. The highest BCUT2D eigenvalue weighted by Gasteiger charge is 2.42. The van der Waals surface area contributed by atoms with Gasteiger partial charge in [-0.25, -0.2) is 0 Å². The van der Waals surface area contributed by atoms with Gasteiger partial charge in [-0.05, 0) is 53.4 Å². The van der Waals surface area contributed by atoms with Crippen molar-refractivity contribution in [3.8, 4) is 0 Å². The van der Waals surface area contributed by atoms with Crippen LogP contribution in [0.4, 0.5) is 0 Å². The first kappa shape index (κ1) is 23.5. The second-order valence-corrected chi connectivity index (χ2v) is 10.1. The predicted octanol–water partition coefficient (Wildman–Crippen LogP) is 1.67. The van der Waals surface area contributed by atoms with Crippen LogP contribution in [-0.2, 0) is 23.9 Å². The van der Waals surface area contributed by atoms with Crippen LogP contribution in [0.2, 0.25) is 0 Å². The number of likely N-dealkylation sites (tertiary alicyclic amines) is 3. The summed E-state index contributed by atoms with van der Waals surface area (Å²) in [5.41, 5.74) is -0.276. The van der Waals surface area contributed by atoms with Gasteiger partial charge < -0.3 is 19.4 Å². The highest BCUT2D eigenvalue weighted by molar-refractivity contribution is 5.90. The van der Waals surface area contributed by atoms with Gasteiger partial charge in [-0.15, -0.1) is 0 Å². The molecule has 2 atom stereocenters. The molecule has 0 aromatic heterocycles. The molecule has 3 saturated heterocycles. The molecule has 174 valence electrons. The molecule has 3 rings (SSSR count). The average molecular weight is 436 g/mol. The summed E-state index contributed by atoms with van der Waals surface area (Å²) in [7, 11) is 0. The van der Waals surface area contributed by atoms with Gasteiger partial charge in [0.15, 0.2) is 0 Å². The van der Waals surface area contributed by atoms with E-state index in [0.717, 1.165) is 12.8 Å². The van der Waals surface area contributed by atoms with Crippen molar-refractivity contribution in [2.45, 2.75) is 65.3 Å². The number of hydrogen-bond acceptors (Lipinski definition) is 5. The minimum atomic E-state index is -0.286. The molecule has 3 aliphatic heterocycles. The number of rotatable bonds is 4. The quantitative estimate of drug-likeness (QED) is 0.627. The number of ether oxygens (including phenoxy) is 1. The number of amides is 3. The van der Waals surface area contributed by atoms with Crippen molar-refractivity contribution in [2.24, 2.45) is 17.8 Å². The van der Waals surface area contributed by atoms with E-state index in [4.69, 9.17) is 4.74 Å². The van der Waals surface area contributed by atoms with Gasteiger partial charge in [0, 0.05) is 50.6 Å². The Hall–Kier alpha value is -2.12. The summed E-state index contributed by atoms with van der Waals surface area (Å²) in [4.78, 5) is 55.8. The van der Waals surface area contributed by atoms with Crippen LogP contribution in [-0.4, -0.2) is 83.3 Å². The zero-order valence-corrected chi connectivity index (χ0v) is 19.4. The number of carbonyl (C=O) groups is 4. The molecule has 2 unspecified atom stereocenters. The number of nitrogens with zero attached hydrogens (tertiary/aromatic N) is 3. The van der Waals surface area contributed by atoms with E-state index < -0.39 is 0 Å². The maximum Gasteiger partial charge on any atom is 0.310 e. The Morgan fingerprint density at radius 2 is 1.55 bits per heavy atom. The summed E-state index contributed by atoms with van der Waals surface area (Å²) in [5, 5.41) is 0. The molecule has 0 aromatic carbocycles. The molecule has 0 spiro atoms. The van der Waals surface area contributed by atoms with E-state index in [1.165, 1.54) is 0 Å². The molecule has 3 amide bonds. The maximum absolute atomic E-state index is 13.0. The van der Waals surface area contributed by atoms with Gasteiger partial charge in [-0.2, -0.15) is 0 Å². The van der Waals surface area contributed by atoms with E-state index in [1.807, 2.05) is 30.6 Å². The van der Waals surface area contributed by atoms with Crippen LogP contribution in [0.15, 0.2) is 0 Å². The molecule has 0 radical (unpaired) electrons. The van der Waals surface area contributed by atoms with Gasteiger partial charge in [0.05, 0.1) is 18.4 Å². The number of hydrogen-bond donors (Lipinski definition) is 0. The molecule has 0 saturated carbocycles. The molecule has 0 bridgehead atoms. The first-order chi connectivity index (χ1) is 14.6. The van der Waals surface area contributed by atoms with Crippen molar-refractivity contribution >= 4 is 23.7 Å². The van der Waals surface area contributed by atoms with Crippen LogP contribution in [0.25, 0.3) is 0 Å². The predicted molar refractivity (Wildman–Crippen MR) is 115 cm³/mol. The van der Waals surface area contributed by atoms with Crippen LogP contribution in [0.1, 0.15) is 59.8 Å². The monoisotopic (exact) mass is 435 g/mol. The molecule has 31 heavy (non-hydrogen) atoms. The Balaban J connectivity index is 1.50. The first-order valence-corrected chi connectivity index (χ1v) is 11.7. The zero-order valence-electron chi connectivity index (χ0n) is 19.4. The fourth-order valence-electron chi connectivity index (χ4n) is 5.01. The normalized spacial score (nSPS) is 25.7. The summed E-state index contributed by atoms with van der Waals surface area (Å²) in [5.74, 6) is -0.673. The summed E-state index contributed by atoms with van der Waals surface area (Å²) >= 11 is 0. The van der Waals surface area contributed by atoms with Gasteiger partial charge in [0.25, 0.3) is 0 Å². The van der Waals surface area contributed by atoms with Crippen molar-refractivity contribution in [3.05, 3.63) is 0 Å². The minimum absolute atomic E-state index is 0.0337. The Bertz CT molecular complexity index is 708. The van der Waals surface area contributed by atoms with E-state index in [9.17, 15) is 19.2 Å². The van der Waals surface area contributed by atoms with Gasteiger partial charge in [0.2, 0.25) is 17.7 Å². The highest BCUT2D eigenvalue weighted by atomic mass is 16.5. The van der Waals surface area contributed by atoms with Gasteiger partial charge >= 0.3 is 5.97 Å². The van der Waals surface area contributed by atoms with Crippen LogP contribution in [0, 0.1) is 17.8 Å². The third kappa shape index (κ3) is 5.39. The van der Waals surface area contributed by atoms with Crippen LogP contribution in [0.5, 0.6) is 0 Å². The SMILES string of the molecule is CCOC(=O)C1CCCN(C(=O)C2CCN(C(=O)C3CC(=O)N(C(C)(C)C)C3)CC2)C1. The topological polar surface area (TPSA) is 87.2 Å². The molecule has 3 heterocycles. The van der Waals surface area contributed by atoms with Crippen molar-refractivity contribution in [1.29, 1.82) is 0 Å². The molecule has 8 heteroatoms. The third-order valence-corrected chi connectivity index (χ3v) is 6.79. The molecular formula is C23H37N3O5. The molecule has 3 fully saturated rings. The number of piperidine rings is 2. The summed E-state index contributed by atoms with van der Waals surface area (Å²) < 4.78 is 5.13. The van der Waals surface area contributed by atoms with E-state index in [1.54, 1.807) is 11.8 Å². The van der Waals surface area contributed by atoms with Gasteiger partial charge in [-0.3, -0.25) is 19.2 Å². The zero-order chi connectivity index (χ0) is 22.8. The Morgan fingerprint density at radius 1 is 0.903 bits per heavy atom. The number of carbonyl (C=O) groups excluding carboxylic acids is 4. The van der Waals surface area contributed by atoms with E-state index in [-0.39, 0.29) is 53.4 Å². The lowest BCUT2D eigenvalue weighted by Crippen LogP contribution is -2.49. The Labute approximate surface area is 185 Å². The molecule has 0 aliphatic carbocycles. The number of esters is 1. The fourth-order valence-corrected chi connectivity index (χ4v) is 5.01. The standard InChI is InChI=1S/C23H37N3O5/c1-5-31-22(30)17-7-6-10-25(14-17)20(28)16-8-11-24(12-9-16)21(29)18-13-19(27)26(15-18)23(2,3)4/h16-18H,5-15H2,1-4H3. The largest absolute Gasteiger partial charge is 0.466 e. The van der Waals surface area contributed by atoms with E-state index in [0.29, 0.717) is 52.2 Å². The second-order valence-electron chi connectivity index (χ2n) is 10.1. The van der Waals surface area contributed by atoms with Crippen molar-refractivity contribution in [1.82, 2.24) is 14.7 Å². The molecule has 8 nitrogen and oxygen atoms in total.